The first kappa shape index (κ1) is 6.05. The summed E-state index contributed by atoms with van der Waals surface area (Å²) >= 11 is 0. The molecule has 1 fully saturated rings. The molecule has 48 valence electrons. The lowest BCUT2D eigenvalue weighted by Crippen LogP contribution is -2.21. The predicted octanol–water partition coefficient (Wildman–Crippen LogP) is 1.15. The van der Waals surface area contributed by atoms with Crippen LogP contribution in [0.3, 0.4) is 0 Å². The number of hydrogen-bond acceptors (Lipinski definition) is 2. The fraction of sp³-hybridized carbons (Fsp3) is 1.00. The van der Waals surface area contributed by atoms with Gasteiger partial charge in [-0.25, -0.2) is 5.48 Å². The molecule has 1 atom stereocenters. The molecule has 0 spiro atoms. The molecule has 0 radical (unpaired) electrons. The van der Waals surface area contributed by atoms with Crippen molar-refractivity contribution < 1.29 is 5.21 Å². The molecule has 0 aromatic heterocycles. The third kappa shape index (κ3) is 1.80. The van der Waals surface area contributed by atoms with Crippen molar-refractivity contribution in [2.24, 2.45) is 5.92 Å². The second-order valence-electron chi connectivity index (χ2n) is 2.71. The number of rotatable bonds is 3. The first-order valence-electron chi connectivity index (χ1n) is 3.22. The second-order valence-corrected chi connectivity index (χ2v) is 2.71. The van der Waals surface area contributed by atoms with Crippen LogP contribution >= 0.6 is 0 Å². The van der Waals surface area contributed by atoms with Crippen LogP contribution in [0.1, 0.15) is 26.2 Å². The normalized spacial score (nSPS) is 23.2. The van der Waals surface area contributed by atoms with Crippen LogP contribution < -0.4 is 5.48 Å². The van der Waals surface area contributed by atoms with E-state index in [-0.39, 0.29) is 0 Å². The Morgan fingerprint density at radius 3 is 2.75 bits per heavy atom. The van der Waals surface area contributed by atoms with Crippen LogP contribution in [0, 0.1) is 5.92 Å². The summed E-state index contributed by atoms with van der Waals surface area (Å²) in [6.07, 6.45) is 3.87. The third-order valence-corrected chi connectivity index (χ3v) is 1.60. The molecule has 1 aliphatic rings. The molecule has 2 heteroatoms. The molecule has 1 unspecified atom stereocenters. The minimum absolute atomic E-state index is 0.294. The molecular formula is C6H13NO. The minimum Gasteiger partial charge on any atom is -0.317 e. The van der Waals surface area contributed by atoms with Crippen LogP contribution in [0.5, 0.6) is 0 Å². The quantitative estimate of drug-likeness (QED) is 0.541. The molecule has 0 aromatic carbocycles. The van der Waals surface area contributed by atoms with Gasteiger partial charge >= 0.3 is 0 Å². The zero-order chi connectivity index (χ0) is 5.98. The summed E-state index contributed by atoms with van der Waals surface area (Å²) in [4.78, 5) is 0. The summed E-state index contributed by atoms with van der Waals surface area (Å²) in [5, 5.41) is 8.36. The van der Waals surface area contributed by atoms with E-state index in [1.165, 1.54) is 12.8 Å². The molecule has 1 saturated carbocycles. The van der Waals surface area contributed by atoms with Crippen LogP contribution in [0.2, 0.25) is 0 Å². The summed E-state index contributed by atoms with van der Waals surface area (Å²) in [6, 6.07) is 0.294. The molecule has 8 heavy (non-hydrogen) atoms. The van der Waals surface area contributed by atoms with Crippen LogP contribution in [-0.4, -0.2) is 11.2 Å². The maximum absolute atomic E-state index is 8.36. The smallest absolute Gasteiger partial charge is 0.0294 e. The summed E-state index contributed by atoms with van der Waals surface area (Å²) in [6.45, 7) is 2.00. The summed E-state index contributed by atoms with van der Waals surface area (Å²) in [7, 11) is 0. The number of nitrogens with one attached hydrogen (secondary N) is 1. The van der Waals surface area contributed by atoms with Crippen LogP contribution in [0.15, 0.2) is 0 Å². The van der Waals surface area contributed by atoms with E-state index < -0.39 is 0 Å². The molecule has 1 aliphatic carbocycles. The Bertz CT molecular complexity index is 70.9. The Labute approximate surface area is 49.9 Å². The van der Waals surface area contributed by atoms with E-state index in [4.69, 9.17) is 5.21 Å². The van der Waals surface area contributed by atoms with Gasteiger partial charge in [0.15, 0.2) is 0 Å². The lowest BCUT2D eigenvalue weighted by molar-refractivity contribution is 0.126. The maximum Gasteiger partial charge on any atom is 0.0294 e. The van der Waals surface area contributed by atoms with Crippen LogP contribution in [0.4, 0.5) is 0 Å². The van der Waals surface area contributed by atoms with Crippen LogP contribution in [0.25, 0.3) is 0 Å². The lowest BCUT2D eigenvalue weighted by atomic mass is 10.2. The van der Waals surface area contributed by atoms with E-state index in [1.54, 1.807) is 0 Å². The van der Waals surface area contributed by atoms with Gasteiger partial charge in [0.1, 0.15) is 0 Å². The topological polar surface area (TPSA) is 32.3 Å². The summed E-state index contributed by atoms with van der Waals surface area (Å²) in [5.41, 5.74) is 2.24. The van der Waals surface area contributed by atoms with Crippen molar-refractivity contribution in [2.45, 2.75) is 32.2 Å². The lowest BCUT2D eigenvalue weighted by Gasteiger charge is -2.05. The van der Waals surface area contributed by atoms with Gasteiger partial charge in [-0.05, 0) is 19.3 Å². The minimum atomic E-state index is 0.294. The van der Waals surface area contributed by atoms with Gasteiger partial charge in [-0.15, -0.1) is 0 Å². The van der Waals surface area contributed by atoms with Crippen molar-refractivity contribution in [3.63, 3.8) is 0 Å². The van der Waals surface area contributed by atoms with Gasteiger partial charge in [0.05, 0.1) is 0 Å². The highest BCUT2D eigenvalue weighted by Gasteiger charge is 2.22. The second kappa shape index (κ2) is 2.46. The highest BCUT2D eigenvalue weighted by molar-refractivity contribution is 4.76. The van der Waals surface area contributed by atoms with Crippen molar-refractivity contribution in [3.8, 4) is 0 Å². The van der Waals surface area contributed by atoms with Gasteiger partial charge in [0.25, 0.3) is 0 Å². The van der Waals surface area contributed by atoms with E-state index >= 15 is 0 Å². The zero-order valence-corrected chi connectivity index (χ0v) is 5.22. The Morgan fingerprint density at radius 1 is 1.75 bits per heavy atom. The van der Waals surface area contributed by atoms with E-state index in [0.29, 0.717) is 6.04 Å². The standard InChI is InChI=1S/C6H13NO/c1-5(7-8)4-6-2-3-6/h5-8H,2-4H2,1H3. The number of hydrogen-bond donors (Lipinski definition) is 2. The molecule has 1 rings (SSSR count). The van der Waals surface area contributed by atoms with E-state index in [9.17, 15) is 0 Å². The molecule has 0 aromatic rings. The van der Waals surface area contributed by atoms with Gasteiger partial charge in [0, 0.05) is 6.04 Å². The Balaban J connectivity index is 1.98. The molecule has 0 heterocycles. The molecule has 0 aliphatic heterocycles. The van der Waals surface area contributed by atoms with Crippen molar-refractivity contribution in [2.75, 3.05) is 0 Å². The first-order valence-corrected chi connectivity index (χ1v) is 3.22. The third-order valence-electron chi connectivity index (χ3n) is 1.60. The van der Waals surface area contributed by atoms with Gasteiger partial charge in [-0.3, -0.25) is 0 Å². The first-order chi connectivity index (χ1) is 3.83. The highest BCUT2D eigenvalue weighted by atomic mass is 16.5. The monoisotopic (exact) mass is 115 g/mol. The Morgan fingerprint density at radius 2 is 2.38 bits per heavy atom. The van der Waals surface area contributed by atoms with Crippen molar-refractivity contribution in [3.05, 3.63) is 0 Å². The molecule has 0 amide bonds. The summed E-state index contributed by atoms with van der Waals surface area (Å²) in [5.74, 6) is 0.907. The maximum atomic E-state index is 8.36. The highest BCUT2D eigenvalue weighted by Crippen LogP contribution is 2.33. The Hall–Kier alpha value is -0.0800. The fourth-order valence-electron chi connectivity index (χ4n) is 0.906. The van der Waals surface area contributed by atoms with E-state index in [1.807, 2.05) is 6.92 Å². The van der Waals surface area contributed by atoms with Gasteiger partial charge < -0.3 is 5.21 Å². The SMILES string of the molecule is CC(CC1CC1)NO. The van der Waals surface area contributed by atoms with Crippen LogP contribution in [-0.2, 0) is 0 Å². The van der Waals surface area contributed by atoms with Crippen molar-refractivity contribution in [1.29, 1.82) is 0 Å². The number of hydroxylamine groups is 1. The predicted molar refractivity (Wildman–Crippen MR) is 31.7 cm³/mol. The average molecular weight is 115 g/mol. The van der Waals surface area contributed by atoms with Gasteiger partial charge in [-0.2, -0.15) is 0 Å². The molecule has 2 N–H and O–H groups in total. The zero-order valence-electron chi connectivity index (χ0n) is 5.22. The van der Waals surface area contributed by atoms with Crippen molar-refractivity contribution in [1.82, 2.24) is 5.48 Å². The molecule has 0 bridgehead atoms. The largest absolute Gasteiger partial charge is 0.317 e. The van der Waals surface area contributed by atoms with E-state index in [0.717, 1.165) is 12.3 Å². The van der Waals surface area contributed by atoms with Crippen molar-refractivity contribution >= 4 is 0 Å². The molecule has 0 saturated heterocycles. The average Bonchev–Trinajstić information content (AvgIpc) is 2.50. The fourth-order valence-corrected chi connectivity index (χ4v) is 0.906. The summed E-state index contributed by atoms with van der Waals surface area (Å²) < 4.78 is 0. The Kier molecular flexibility index (Phi) is 1.86. The molecule has 2 nitrogen and oxygen atoms in total. The van der Waals surface area contributed by atoms with Gasteiger partial charge in [-0.1, -0.05) is 12.8 Å². The van der Waals surface area contributed by atoms with E-state index in [2.05, 4.69) is 5.48 Å². The molecular weight excluding hydrogens is 102 g/mol. The van der Waals surface area contributed by atoms with Gasteiger partial charge in [0.2, 0.25) is 0 Å².